The molecule has 9 heteroatoms. The number of aliphatic hydroxyl groups is 1. The monoisotopic (exact) mass is 550 g/mol. The minimum Gasteiger partial charge on any atom is -0.611 e. The lowest BCUT2D eigenvalue weighted by Gasteiger charge is -2.41. The summed E-state index contributed by atoms with van der Waals surface area (Å²) in [6, 6.07) is 13.7. The Kier molecular flexibility index (Phi) is 7.94. The van der Waals surface area contributed by atoms with Gasteiger partial charge >= 0.3 is 0 Å². The Balaban J connectivity index is 1.46. The highest BCUT2D eigenvalue weighted by Crippen LogP contribution is 2.41. The number of nitrogens with zero attached hydrogens (tertiary/aromatic N) is 3. The van der Waals surface area contributed by atoms with Crippen LogP contribution in [-0.4, -0.2) is 56.9 Å². The van der Waals surface area contributed by atoms with Gasteiger partial charge < -0.3 is 19.9 Å². The summed E-state index contributed by atoms with van der Waals surface area (Å²) in [7, 11) is 0. The lowest BCUT2D eigenvalue weighted by atomic mass is 9.68. The Morgan fingerprint density at radius 1 is 1.13 bits per heavy atom. The van der Waals surface area contributed by atoms with Crippen LogP contribution in [0.1, 0.15) is 53.9 Å². The smallest absolute Gasteiger partial charge is 0.227 e. The van der Waals surface area contributed by atoms with Crippen LogP contribution in [0.5, 0.6) is 0 Å². The summed E-state index contributed by atoms with van der Waals surface area (Å²) in [5, 5.41) is 13.2. The lowest BCUT2D eigenvalue weighted by molar-refractivity contribution is 0.0854. The average molecular weight is 551 g/mol. The maximum atomic E-state index is 14.0. The van der Waals surface area contributed by atoms with Gasteiger partial charge in [-0.05, 0) is 66.7 Å². The Morgan fingerprint density at radius 2 is 1.79 bits per heavy atom. The number of carbonyl (C=O) groups excluding carboxylic acids is 1. The number of carbonyl (C=O) groups is 1. The summed E-state index contributed by atoms with van der Waals surface area (Å²) in [6.07, 6.45) is 1.71. The summed E-state index contributed by atoms with van der Waals surface area (Å²) in [6.45, 7) is 7.09. The highest BCUT2D eigenvalue weighted by Gasteiger charge is 2.44. The fourth-order valence-corrected chi connectivity index (χ4v) is 6.82. The molecule has 0 bridgehead atoms. The van der Waals surface area contributed by atoms with Crippen LogP contribution in [0.25, 0.3) is 0 Å². The third kappa shape index (κ3) is 5.40. The number of aromatic nitrogens is 2. The van der Waals surface area contributed by atoms with Gasteiger partial charge in [0.15, 0.2) is 11.6 Å². The van der Waals surface area contributed by atoms with E-state index in [0.717, 1.165) is 16.8 Å². The van der Waals surface area contributed by atoms with Gasteiger partial charge in [0.1, 0.15) is 17.3 Å². The maximum Gasteiger partial charge on any atom is 0.227 e. The first-order valence-electron chi connectivity index (χ1n) is 13.5. The Bertz CT molecular complexity index is 1330. The molecule has 7 nitrogen and oxygen atoms in total. The minimum atomic E-state index is -1.18. The molecule has 1 aromatic heterocycles. The number of halogens is 1. The molecule has 2 atom stereocenters. The second-order valence-electron chi connectivity index (χ2n) is 10.9. The molecule has 2 aromatic carbocycles. The number of benzene rings is 2. The number of aliphatic hydroxyl groups excluding tert-OH is 1. The topological polar surface area (TPSA) is 101 Å². The molecule has 0 aliphatic carbocycles. The van der Waals surface area contributed by atoms with E-state index in [2.05, 4.69) is 10.2 Å². The van der Waals surface area contributed by atoms with E-state index in [4.69, 9.17) is 9.97 Å². The summed E-state index contributed by atoms with van der Waals surface area (Å²) >= 11 is -1.18. The van der Waals surface area contributed by atoms with Crippen LogP contribution in [0.3, 0.4) is 0 Å². The summed E-state index contributed by atoms with van der Waals surface area (Å²) < 4.78 is 26.4. The van der Waals surface area contributed by atoms with Crippen LogP contribution in [0.4, 0.5) is 16.2 Å². The molecular formula is C30H35FN4O3S. The fraction of sp³-hybridized carbons (Fsp3) is 0.433. The third-order valence-electron chi connectivity index (χ3n) is 8.04. The van der Waals surface area contributed by atoms with Gasteiger partial charge in [-0.2, -0.15) is 4.98 Å². The fourth-order valence-electron chi connectivity index (χ4n) is 5.51. The van der Waals surface area contributed by atoms with Crippen LogP contribution in [0.15, 0.2) is 53.4 Å². The number of rotatable bonds is 8. The van der Waals surface area contributed by atoms with Crippen molar-refractivity contribution in [2.75, 3.05) is 35.7 Å². The van der Waals surface area contributed by atoms with E-state index in [-0.39, 0.29) is 30.2 Å². The van der Waals surface area contributed by atoms with E-state index in [1.165, 1.54) is 12.1 Å². The number of hydrogen-bond acceptors (Lipinski definition) is 7. The number of ketones is 1. The molecule has 0 radical (unpaired) electrons. The number of piperidine rings is 1. The van der Waals surface area contributed by atoms with Crippen molar-refractivity contribution in [2.24, 2.45) is 5.92 Å². The van der Waals surface area contributed by atoms with E-state index < -0.39 is 16.6 Å². The molecule has 5 rings (SSSR count). The van der Waals surface area contributed by atoms with Crippen LogP contribution < -0.4 is 10.2 Å². The number of hydrogen-bond donors (Lipinski definition) is 2. The van der Waals surface area contributed by atoms with Crippen LogP contribution in [0, 0.1) is 18.7 Å². The number of aryl methyl sites for hydroxylation is 2. The van der Waals surface area contributed by atoms with Crippen molar-refractivity contribution in [1.82, 2.24) is 9.97 Å². The molecule has 0 saturated carbocycles. The Morgan fingerprint density at radius 3 is 2.41 bits per heavy atom. The average Bonchev–Trinajstić information content (AvgIpc) is 3.32. The summed E-state index contributed by atoms with van der Waals surface area (Å²) in [4.78, 5) is 26.3. The quantitative estimate of drug-likeness (QED) is 0.316. The zero-order valence-electron chi connectivity index (χ0n) is 22.6. The molecular weight excluding hydrogens is 515 g/mol. The van der Waals surface area contributed by atoms with Crippen molar-refractivity contribution in [1.29, 1.82) is 0 Å². The molecule has 39 heavy (non-hydrogen) atoms. The minimum absolute atomic E-state index is 0.0126. The van der Waals surface area contributed by atoms with Crippen molar-refractivity contribution in [3.05, 3.63) is 76.7 Å². The van der Waals surface area contributed by atoms with Crippen molar-refractivity contribution in [3.63, 3.8) is 0 Å². The van der Waals surface area contributed by atoms with Gasteiger partial charge in [-0.1, -0.05) is 43.7 Å². The molecule has 0 amide bonds. The van der Waals surface area contributed by atoms with Gasteiger partial charge in [-0.15, -0.1) is 0 Å². The van der Waals surface area contributed by atoms with Gasteiger partial charge in [0.25, 0.3) is 0 Å². The van der Waals surface area contributed by atoms with Crippen LogP contribution >= 0.6 is 0 Å². The SMILES string of the molecule is Cc1ccc(C2(C(=O)c3ccc(F)cc3)CCN(c3nc4c(c(N[C@@H](CO)C(C)C)n3)[S+]([O-])CC4)CC2)cc1. The Labute approximate surface area is 232 Å². The first-order chi connectivity index (χ1) is 18.7. The number of nitrogens with one attached hydrogen (secondary N) is 1. The normalized spacial score (nSPS) is 19.2. The third-order valence-corrected chi connectivity index (χ3v) is 9.50. The van der Waals surface area contributed by atoms with Gasteiger partial charge in [-0.25, -0.2) is 9.37 Å². The molecule has 1 unspecified atom stereocenters. The molecule has 2 aliphatic rings. The predicted molar refractivity (Wildman–Crippen MR) is 151 cm³/mol. The first-order valence-corrected chi connectivity index (χ1v) is 14.8. The molecule has 206 valence electrons. The largest absolute Gasteiger partial charge is 0.611 e. The predicted octanol–water partition coefficient (Wildman–Crippen LogP) is 4.44. The molecule has 1 saturated heterocycles. The van der Waals surface area contributed by atoms with Crippen molar-refractivity contribution in [3.8, 4) is 0 Å². The summed E-state index contributed by atoms with van der Waals surface area (Å²) in [5.74, 6) is 1.35. The molecule has 0 spiro atoms. The molecule has 3 aromatic rings. The van der Waals surface area contributed by atoms with Crippen molar-refractivity contribution in [2.45, 2.75) is 56.4 Å². The van der Waals surface area contributed by atoms with Crippen LogP contribution in [0.2, 0.25) is 0 Å². The molecule has 2 N–H and O–H groups in total. The van der Waals surface area contributed by atoms with Crippen LogP contribution in [-0.2, 0) is 23.0 Å². The molecule has 3 heterocycles. The van der Waals surface area contributed by atoms with E-state index in [9.17, 15) is 18.8 Å². The van der Waals surface area contributed by atoms with Gasteiger partial charge in [0.05, 0.1) is 18.1 Å². The van der Waals surface area contributed by atoms with Gasteiger partial charge in [0.2, 0.25) is 10.8 Å². The standard InChI is InChI=1S/C30H35FN4O3S/c1-19(2)25(18-36)32-28-26-24(12-17-39(26)38)33-29(34-28)35-15-13-30(14-16-35,22-8-4-20(3)5-9-22)27(37)21-6-10-23(31)11-7-21/h4-11,19,25,36H,12-18H2,1-3H3,(H,32,33,34)/t25-,39?/m0/s1. The van der Waals surface area contributed by atoms with Gasteiger partial charge in [0, 0.05) is 25.1 Å². The highest BCUT2D eigenvalue weighted by atomic mass is 32.2. The zero-order chi connectivity index (χ0) is 27.7. The second-order valence-corrected chi connectivity index (χ2v) is 12.4. The molecule has 1 fully saturated rings. The highest BCUT2D eigenvalue weighted by molar-refractivity contribution is 7.91. The number of fused-ring (bicyclic) bond motifs is 1. The maximum absolute atomic E-state index is 14.0. The number of Topliss-reactive ketones (excluding diaryl/α,β-unsaturated/α-hetero) is 1. The Hall–Kier alpha value is -3.01. The van der Waals surface area contributed by atoms with Crippen molar-refractivity contribution >= 4 is 28.7 Å². The zero-order valence-corrected chi connectivity index (χ0v) is 23.4. The molecule has 2 aliphatic heterocycles. The van der Waals surface area contributed by atoms with Crippen molar-refractivity contribution < 1.29 is 18.8 Å². The van der Waals surface area contributed by atoms with Gasteiger partial charge in [-0.3, -0.25) is 4.79 Å². The van der Waals surface area contributed by atoms with E-state index in [1.54, 1.807) is 12.1 Å². The van der Waals surface area contributed by atoms with E-state index in [0.29, 0.717) is 60.3 Å². The van der Waals surface area contributed by atoms with E-state index >= 15 is 0 Å². The lowest BCUT2D eigenvalue weighted by Crippen LogP contribution is -2.48. The number of anilines is 2. The second kappa shape index (κ2) is 11.2. The first kappa shape index (κ1) is 27.6. The van der Waals surface area contributed by atoms with E-state index in [1.807, 2.05) is 45.0 Å². The summed E-state index contributed by atoms with van der Waals surface area (Å²) in [5.41, 5.74) is 2.60.